The fourth-order valence-corrected chi connectivity index (χ4v) is 5.12. The maximum absolute atomic E-state index is 13.5. The molecule has 44 heavy (non-hydrogen) atoms. The predicted molar refractivity (Wildman–Crippen MR) is 145 cm³/mol. The smallest absolute Gasteiger partial charge is 0.434 e. The van der Waals surface area contributed by atoms with E-state index in [9.17, 15) is 31.1 Å². The number of amides is 1. The average molecular weight is 619 g/mol. The summed E-state index contributed by atoms with van der Waals surface area (Å²) in [5.41, 5.74) is 1.01. The first-order valence-electron chi connectivity index (χ1n) is 13.4. The Morgan fingerprint density at radius 2 is 1.73 bits per heavy atom. The van der Waals surface area contributed by atoms with E-state index in [0.29, 0.717) is 27.3 Å². The number of anilines is 2. The van der Waals surface area contributed by atoms with Crippen LogP contribution in [0.5, 0.6) is 5.88 Å². The first-order valence-corrected chi connectivity index (χ1v) is 13.4. The SMILES string of the molecule is COc1ncnc(C2CC2)c1-c1ncc2c(n1)N(Cc1ccc(-c3nc(C(F)(F)F)cn3C)cc1)CC(=O)N2CC(F)(F)F. The van der Waals surface area contributed by atoms with Gasteiger partial charge in [0.2, 0.25) is 11.8 Å². The second-order valence-corrected chi connectivity index (χ2v) is 10.5. The van der Waals surface area contributed by atoms with Crippen molar-refractivity contribution in [3.63, 3.8) is 0 Å². The zero-order valence-electron chi connectivity index (χ0n) is 23.3. The van der Waals surface area contributed by atoms with Crippen LogP contribution in [-0.4, -0.2) is 61.8 Å². The minimum absolute atomic E-state index is 0.0571. The van der Waals surface area contributed by atoms with Crippen molar-refractivity contribution in [1.82, 2.24) is 29.5 Å². The van der Waals surface area contributed by atoms with Crippen LogP contribution in [0, 0.1) is 0 Å². The lowest BCUT2D eigenvalue weighted by Crippen LogP contribution is -2.49. The number of hydrogen-bond acceptors (Lipinski definition) is 8. The lowest BCUT2D eigenvalue weighted by Gasteiger charge is -2.36. The fraction of sp³-hybridized carbons (Fsp3) is 0.357. The number of carbonyl (C=O) groups excluding carboxylic acids is 1. The van der Waals surface area contributed by atoms with Crippen molar-refractivity contribution >= 4 is 17.4 Å². The molecular weight excluding hydrogens is 594 g/mol. The number of benzene rings is 1. The summed E-state index contributed by atoms with van der Waals surface area (Å²) in [7, 11) is 2.88. The quantitative estimate of drug-likeness (QED) is 0.262. The van der Waals surface area contributed by atoms with E-state index in [1.807, 2.05) is 0 Å². The number of rotatable bonds is 7. The molecule has 16 heteroatoms. The van der Waals surface area contributed by atoms with Crippen LogP contribution in [-0.2, 0) is 24.6 Å². The molecule has 1 aliphatic carbocycles. The monoisotopic (exact) mass is 618 g/mol. The number of alkyl halides is 6. The topological polar surface area (TPSA) is 102 Å². The van der Waals surface area contributed by atoms with Crippen LogP contribution >= 0.6 is 0 Å². The van der Waals surface area contributed by atoms with Crippen LogP contribution in [0.25, 0.3) is 22.8 Å². The molecule has 1 aliphatic heterocycles. The largest absolute Gasteiger partial charge is 0.480 e. The molecule has 1 amide bonds. The van der Waals surface area contributed by atoms with E-state index in [0.717, 1.165) is 19.0 Å². The van der Waals surface area contributed by atoms with E-state index in [-0.39, 0.29) is 41.5 Å². The third kappa shape index (κ3) is 5.75. The third-order valence-electron chi connectivity index (χ3n) is 7.28. The van der Waals surface area contributed by atoms with Crippen LogP contribution < -0.4 is 14.5 Å². The molecule has 2 aliphatic rings. The minimum Gasteiger partial charge on any atom is -0.480 e. The number of halogens is 6. The van der Waals surface area contributed by atoms with Crippen molar-refractivity contribution in [2.24, 2.45) is 7.05 Å². The maximum Gasteiger partial charge on any atom is 0.434 e. The summed E-state index contributed by atoms with van der Waals surface area (Å²) < 4.78 is 86.5. The summed E-state index contributed by atoms with van der Waals surface area (Å²) in [6, 6.07) is 6.45. The van der Waals surface area contributed by atoms with Gasteiger partial charge in [-0.1, -0.05) is 24.3 Å². The number of aromatic nitrogens is 6. The van der Waals surface area contributed by atoms with Gasteiger partial charge in [-0.25, -0.2) is 24.9 Å². The minimum atomic E-state index is -4.67. The molecule has 0 saturated heterocycles. The molecule has 10 nitrogen and oxygen atoms in total. The summed E-state index contributed by atoms with van der Waals surface area (Å²) in [6.07, 6.45) is -4.04. The van der Waals surface area contributed by atoms with Gasteiger partial charge in [0.15, 0.2) is 17.3 Å². The van der Waals surface area contributed by atoms with Gasteiger partial charge in [0.25, 0.3) is 0 Å². The molecule has 0 radical (unpaired) electrons. The van der Waals surface area contributed by atoms with E-state index < -0.39 is 37.0 Å². The van der Waals surface area contributed by atoms with Crippen molar-refractivity contribution in [1.29, 1.82) is 0 Å². The molecule has 1 aromatic carbocycles. The van der Waals surface area contributed by atoms with E-state index in [1.54, 1.807) is 24.3 Å². The second kappa shape index (κ2) is 10.7. The van der Waals surface area contributed by atoms with E-state index in [2.05, 4.69) is 24.9 Å². The van der Waals surface area contributed by atoms with Gasteiger partial charge in [-0.2, -0.15) is 26.3 Å². The first kappa shape index (κ1) is 29.3. The zero-order valence-corrected chi connectivity index (χ0v) is 23.3. The first-order chi connectivity index (χ1) is 20.8. The van der Waals surface area contributed by atoms with E-state index in [1.165, 1.54) is 36.1 Å². The van der Waals surface area contributed by atoms with E-state index >= 15 is 0 Å². The van der Waals surface area contributed by atoms with E-state index in [4.69, 9.17) is 4.74 Å². The number of hydrogen-bond donors (Lipinski definition) is 0. The van der Waals surface area contributed by atoms with Crippen LogP contribution in [0.2, 0.25) is 0 Å². The van der Waals surface area contributed by atoms with Crippen LogP contribution in [0.3, 0.4) is 0 Å². The normalized spacial score (nSPS) is 15.5. The van der Waals surface area contributed by atoms with Crippen LogP contribution in [0.15, 0.2) is 43.0 Å². The van der Waals surface area contributed by atoms with Gasteiger partial charge in [-0.05, 0) is 18.4 Å². The van der Waals surface area contributed by atoms with Gasteiger partial charge < -0.3 is 14.2 Å². The van der Waals surface area contributed by atoms with Crippen molar-refractivity contribution in [2.75, 3.05) is 30.0 Å². The Balaban J connectivity index is 1.37. The molecule has 230 valence electrons. The summed E-state index contributed by atoms with van der Waals surface area (Å²) in [4.78, 5) is 36.3. The Labute approximate surface area is 246 Å². The van der Waals surface area contributed by atoms with Gasteiger partial charge in [0, 0.05) is 31.3 Å². The van der Waals surface area contributed by atoms with Crippen molar-refractivity contribution in [2.45, 2.75) is 37.7 Å². The number of methoxy groups -OCH3 is 1. The summed E-state index contributed by atoms with van der Waals surface area (Å²) in [6.45, 7) is -1.87. The number of ether oxygens (including phenoxy) is 1. The molecule has 3 aromatic heterocycles. The molecule has 0 atom stereocenters. The highest BCUT2D eigenvalue weighted by Gasteiger charge is 2.40. The summed E-state index contributed by atoms with van der Waals surface area (Å²) >= 11 is 0. The van der Waals surface area contributed by atoms with Gasteiger partial charge in [0.05, 0.1) is 25.5 Å². The summed E-state index contributed by atoms with van der Waals surface area (Å²) in [5.74, 6) is -0.103. The Kier molecular flexibility index (Phi) is 7.16. The lowest BCUT2D eigenvalue weighted by atomic mass is 10.1. The number of carbonyl (C=O) groups is 1. The molecule has 1 saturated carbocycles. The highest BCUT2D eigenvalue weighted by Crippen LogP contribution is 2.46. The number of fused-ring (bicyclic) bond motifs is 1. The fourth-order valence-electron chi connectivity index (χ4n) is 5.12. The molecule has 0 unspecified atom stereocenters. The second-order valence-electron chi connectivity index (χ2n) is 10.5. The molecule has 0 spiro atoms. The van der Waals surface area contributed by atoms with Crippen LogP contribution in [0.1, 0.15) is 35.7 Å². The standard InChI is InChI=1S/C28H24F6N8O2/c1-40-11-19(28(32,33)34)38-24(40)17-5-3-15(4-6-17)10-41-12-20(43)42(13-27(29,30)31)18-9-35-23(39-25(18)41)21-22(16-7-8-16)36-14-37-26(21)44-2/h3-6,9,11,14,16H,7-8,10,12-13H2,1-2H3. The average Bonchev–Trinajstić information content (AvgIpc) is 3.74. The maximum atomic E-state index is 13.5. The number of imidazole rings is 1. The number of nitrogens with zero attached hydrogens (tertiary/aromatic N) is 8. The molecular formula is C28H24F6N8O2. The molecule has 4 heterocycles. The Morgan fingerprint density at radius 1 is 1.00 bits per heavy atom. The highest BCUT2D eigenvalue weighted by atomic mass is 19.4. The lowest BCUT2D eigenvalue weighted by molar-refractivity contribution is -0.140. The van der Waals surface area contributed by atoms with Gasteiger partial charge in [0.1, 0.15) is 29.9 Å². The molecule has 0 N–H and O–H groups in total. The number of aryl methyl sites for hydroxylation is 1. The van der Waals surface area contributed by atoms with Crippen LogP contribution in [0.4, 0.5) is 37.8 Å². The Bertz CT molecular complexity index is 1720. The van der Waals surface area contributed by atoms with Gasteiger partial charge in [-0.3, -0.25) is 9.69 Å². The van der Waals surface area contributed by atoms with Gasteiger partial charge in [-0.15, -0.1) is 0 Å². The van der Waals surface area contributed by atoms with Crippen molar-refractivity contribution < 1.29 is 35.9 Å². The molecule has 6 rings (SSSR count). The highest BCUT2D eigenvalue weighted by molar-refractivity contribution is 6.02. The summed E-state index contributed by atoms with van der Waals surface area (Å²) in [5, 5.41) is 0. The predicted octanol–water partition coefficient (Wildman–Crippen LogP) is 5.15. The molecule has 1 fully saturated rings. The third-order valence-corrected chi connectivity index (χ3v) is 7.28. The zero-order chi connectivity index (χ0) is 31.4. The van der Waals surface area contributed by atoms with Crippen molar-refractivity contribution in [3.8, 4) is 28.7 Å². The van der Waals surface area contributed by atoms with Crippen molar-refractivity contribution in [3.05, 3.63) is 59.9 Å². The Hall–Kier alpha value is -4.76. The molecule has 4 aromatic rings. The molecule has 0 bridgehead atoms. The Morgan fingerprint density at radius 3 is 2.34 bits per heavy atom. The van der Waals surface area contributed by atoms with Gasteiger partial charge >= 0.3 is 12.4 Å².